The zero-order valence-corrected chi connectivity index (χ0v) is 13.1. The Balaban J connectivity index is 2.15. The summed E-state index contributed by atoms with van der Waals surface area (Å²) < 4.78 is 27.5. The normalized spacial score (nSPS) is 19.9. The van der Waals surface area contributed by atoms with Gasteiger partial charge in [0, 0.05) is 32.6 Å². The summed E-state index contributed by atoms with van der Waals surface area (Å²) in [5.41, 5.74) is 7.37. The summed E-state index contributed by atoms with van der Waals surface area (Å²) in [6, 6.07) is 4.69. The lowest BCUT2D eigenvalue weighted by molar-refractivity contribution is -0.132. The second-order valence-corrected chi connectivity index (χ2v) is 7.14. The molecule has 0 bridgehead atoms. The topological polar surface area (TPSA) is 92.5 Å². The molecule has 3 N–H and O–H groups in total. The van der Waals surface area contributed by atoms with Gasteiger partial charge in [-0.15, -0.1) is 0 Å². The van der Waals surface area contributed by atoms with Crippen LogP contribution >= 0.6 is 0 Å². The predicted molar refractivity (Wildman–Crippen MR) is 80.1 cm³/mol. The fourth-order valence-electron chi connectivity index (χ4n) is 2.46. The first-order valence-corrected chi connectivity index (χ1v) is 8.37. The first-order chi connectivity index (χ1) is 9.83. The average molecular weight is 311 g/mol. The number of piperidine rings is 1. The van der Waals surface area contributed by atoms with Gasteiger partial charge in [0.25, 0.3) is 0 Å². The van der Waals surface area contributed by atoms with Crippen molar-refractivity contribution in [3.05, 3.63) is 29.3 Å². The minimum absolute atomic E-state index is 0.0496. The van der Waals surface area contributed by atoms with E-state index in [1.807, 2.05) is 6.92 Å². The Morgan fingerprint density at radius 1 is 1.43 bits per heavy atom. The molecule has 1 amide bonds. The number of likely N-dealkylation sites (tertiary alicyclic amines) is 1. The van der Waals surface area contributed by atoms with Gasteiger partial charge in [-0.05, 0) is 36.6 Å². The number of aryl methyl sites for hydroxylation is 1. The number of hydrogen-bond acceptors (Lipinski definition) is 4. The van der Waals surface area contributed by atoms with Gasteiger partial charge in [0.05, 0.1) is 4.90 Å². The van der Waals surface area contributed by atoms with Crippen molar-refractivity contribution in [2.24, 2.45) is 5.73 Å². The Labute approximate surface area is 125 Å². The van der Waals surface area contributed by atoms with Crippen molar-refractivity contribution in [3.8, 4) is 0 Å². The third kappa shape index (κ3) is 3.61. The zero-order chi connectivity index (χ0) is 15.6. The smallest absolute Gasteiger partial charge is 0.240 e. The van der Waals surface area contributed by atoms with Crippen molar-refractivity contribution in [1.82, 2.24) is 9.62 Å². The van der Waals surface area contributed by atoms with E-state index >= 15 is 0 Å². The lowest BCUT2D eigenvalue weighted by Crippen LogP contribution is -2.48. The van der Waals surface area contributed by atoms with Crippen LogP contribution in [0.15, 0.2) is 23.1 Å². The molecule has 1 aromatic carbocycles. The number of carbonyl (C=O) groups excluding carboxylic acids is 1. The van der Waals surface area contributed by atoms with E-state index in [9.17, 15) is 13.2 Å². The van der Waals surface area contributed by atoms with E-state index in [2.05, 4.69) is 4.72 Å². The maximum atomic E-state index is 12.4. The molecule has 1 fully saturated rings. The molecule has 21 heavy (non-hydrogen) atoms. The molecule has 1 aliphatic rings. The number of hydrogen-bond donors (Lipinski definition) is 2. The van der Waals surface area contributed by atoms with E-state index in [-0.39, 0.29) is 16.8 Å². The van der Waals surface area contributed by atoms with Gasteiger partial charge in [0.2, 0.25) is 15.9 Å². The van der Waals surface area contributed by atoms with E-state index < -0.39 is 10.0 Å². The molecule has 2 rings (SSSR count). The van der Waals surface area contributed by atoms with E-state index in [1.165, 1.54) is 0 Å². The third-order valence-corrected chi connectivity index (χ3v) is 5.31. The fraction of sp³-hybridized carbons (Fsp3) is 0.500. The molecule has 116 valence electrons. The van der Waals surface area contributed by atoms with Gasteiger partial charge < -0.3 is 10.6 Å². The Hall–Kier alpha value is -1.44. The monoisotopic (exact) mass is 311 g/mol. The second kappa shape index (κ2) is 6.13. The number of nitrogens with zero attached hydrogens (tertiary/aromatic N) is 1. The van der Waals surface area contributed by atoms with Crippen molar-refractivity contribution in [2.45, 2.75) is 37.2 Å². The largest absolute Gasteiger partial charge is 0.344 e. The molecule has 1 aromatic rings. The number of carbonyl (C=O) groups is 1. The van der Waals surface area contributed by atoms with Crippen LogP contribution < -0.4 is 10.5 Å². The number of likely N-dealkylation sites (N-methyl/N-ethyl adjacent to an activating group) is 1. The molecule has 1 heterocycles. The van der Waals surface area contributed by atoms with Gasteiger partial charge in [0.15, 0.2) is 0 Å². The summed E-state index contributed by atoms with van der Waals surface area (Å²) in [4.78, 5) is 13.2. The van der Waals surface area contributed by atoms with Crippen LogP contribution in [0.4, 0.5) is 0 Å². The summed E-state index contributed by atoms with van der Waals surface area (Å²) >= 11 is 0. The van der Waals surface area contributed by atoms with Crippen LogP contribution in [0.2, 0.25) is 0 Å². The van der Waals surface area contributed by atoms with Crippen LogP contribution in [-0.4, -0.2) is 38.9 Å². The Morgan fingerprint density at radius 2 is 2.14 bits per heavy atom. The minimum atomic E-state index is -3.58. The molecule has 0 aliphatic carbocycles. The molecular formula is C14H21N3O3S. The average Bonchev–Trinajstić information content (AvgIpc) is 2.42. The molecule has 0 radical (unpaired) electrons. The van der Waals surface area contributed by atoms with Crippen LogP contribution in [0.1, 0.15) is 24.0 Å². The summed E-state index contributed by atoms with van der Waals surface area (Å²) in [6.07, 6.45) is 0.900. The minimum Gasteiger partial charge on any atom is -0.344 e. The summed E-state index contributed by atoms with van der Waals surface area (Å²) in [5.74, 6) is 0.0496. The highest BCUT2D eigenvalue weighted by Gasteiger charge is 2.27. The highest BCUT2D eigenvalue weighted by Crippen LogP contribution is 2.17. The third-order valence-electron chi connectivity index (χ3n) is 3.79. The quantitative estimate of drug-likeness (QED) is 0.839. The van der Waals surface area contributed by atoms with E-state index in [0.717, 1.165) is 11.1 Å². The van der Waals surface area contributed by atoms with E-state index in [4.69, 9.17) is 5.73 Å². The van der Waals surface area contributed by atoms with Crippen molar-refractivity contribution in [1.29, 1.82) is 0 Å². The van der Waals surface area contributed by atoms with Crippen LogP contribution in [-0.2, 0) is 21.4 Å². The molecule has 1 aliphatic heterocycles. The number of benzene rings is 1. The standard InChI is InChI=1S/C14H21N3O3S/c1-10-7-13(5-3-11(10)8-15)21(19,20)16-12-4-6-14(18)17(2)9-12/h3,5,7,12,16H,4,6,8-9,15H2,1-2H3. The van der Waals surface area contributed by atoms with Gasteiger partial charge in [-0.25, -0.2) is 13.1 Å². The van der Waals surface area contributed by atoms with Gasteiger partial charge in [-0.2, -0.15) is 0 Å². The van der Waals surface area contributed by atoms with E-state index in [1.54, 1.807) is 30.1 Å². The molecule has 0 spiro atoms. The lowest BCUT2D eigenvalue weighted by Gasteiger charge is -2.30. The van der Waals surface area contributed by atoms with Crippen LogP contribution in [0.25, 0.3) is 0 Å². The van der Waals surface area contributed by atoms with Gasteiger partial charge in [-0.1, -0.05) is 6.07 Å². The molecule has 7 heteroatoms. The first kappa shape index (κ1) is 15.9. The van der Waals surface area contributed by atoms with Crippen molar-refractivity contribution >= 4 is 15.9 Å². The van der Waals surface area contributed by atoms with Gasteiger partial charge >= 0.3 is 0 Å². The number of sulfonamides is 1. The summed E-state index contributed by atoms with van der Waals surface area (Å²) in [5, 5.41) is 0. The highest BCUT2D eigenvalue weighted by atomic mass is 32.2. The van der Waals surface area contributed by atoms with Crippen molar-refractivity contribution < 1.29 is 13.2 Å². The van der Waals surface area contributed by atoms with Crippen LogP contribution in [0, 0.1) is 6.92 Å². The Morgan fingerprint density at radius 3 is 2.71 bits per heavy atom. The maximum Gasteiger partial charge on any atom is 0.240 e. The second-order valence-electron chi connectivity index (χ2n) is 5.42. The summed E-state index contributed by atoms with van der Waals surface area (Å²) in [6.45, 7) is 2.63. The predicted octanol–water partition coefficient (Wildman–Crippen LogP) is 0.353. The molecule has 1 unspecified atom stereocenters. The van der Waals surface area contributed by atoms with Gasteiger partial charge in [-0.3, -0.25) is 4.79 Å². The number of nitrogens with one attached hydrogen (secondary N) is 1. The van der Waals surface area contributed by atoms with E-state index in [0.29, 0.717) is 25.9 Å². The van der Waals surface area contributed by atoms with Gasteiger partial charge in [0.1, 0.15) is 0 Å². The highest BCUT2D eigenvalue weighted by molar-refractivity contribution is 7.89. The molecule has 6 nitrogen and oxygen atoms in total. The molecule has 0 saturated carbocycles. The molecule has 1 atom stereocenters. The zero-order valence-electron chi connectivity index (χ0n) is 12.3. The maximum absolute atomic E-state index is 12.4. The number of amides is 1. The summed E-state index contributed by atoms with van der Waals surface area (Å²) in [7, 11) is -1.89. The van der Waals surface area contributed by atoms with Crippen molar-refractivity contribution in [3.63, 3.8) is 0 Å². The number of nitrogens with two attached hydrogens (primary N) is 1. The lowest BCUT2D eigenvalue weighted by atomic mass is 10.1. The number of rotatable bonds is 4. The Bertz CT molecular complexity index is 643. The first-order valence-electron chi connectivity index (χ1n) is 6.89. The van der Waals surface area contributed by atoms with Crippen LogP contribution in [0.3, 0.4) is 0 Å². The molecular weight excluding hydrogens is 290 g/mol. The molecule has 1 saturated heterocycles. The Kier molecular flexibility index (Phi) is 4.65. The fourth-order valence-corrected chi connectivity index (χ4v) is 3.81. The van der Waals surface area contributed by atoms with Crippen LogP contribution in [0.5, 0.6) is 0 Å². The SMILES string of the molecule is Cc1cc(S(=O)(=O)NC2CCC(=O)N(C)C2)ccc1CN. The molecule has 0 aromatic heterocycles. The van der Waals surface area contributed by atoms with Crippen molar-refractivity contribution in [2.75, 3.05) is 13.6 Å².